The number of nitrogens with zero attached hydrogens (tertiary/aromatic N) is 1. The Labute approximate surface area is 116 Å². The zero-order valence-corrected chi connectivity index (χ0v) is 12.1. The van der Waals surface area contributed by atoms with Gasteiger partial charge in [0.15, 0.2) is 0 Å². The van der Waals surface area contributed by atoms with Crippen molar-refractivity contribution in [3.8, 4) is 0 Å². The molecule has 2 nitrogen and oxygen atoms in total. The summed E-state index contributed by atoms with van der Waals surface area (Å²) in [5.41, 5.74) is -3.24. The minimum absolute atomic E-state index is 0.0850. The maximum absolute atomic E-state index is 12.2. The molecular weight excluding hydrogens is 273 g/mol. The van der Waals surface area contributed by atoms with Gasteiger partial charge in [0.1, 0.15) is 0 Å². The van der Waals surface area contributed by atoms with Gasteiger partial charge in [-0.2, -0.15) is 13.2 Å². The van der Waals surface area contributed by atoms with Crippen molar-refractivity contribution in [3.05, 3.63) is 29.8 Å². The van der Waals surface area contributed by atoms with Gasteiger partial charge >= 0.3 is 5.51 Å². The lowest BCUT2D eigenvalue weighted by Crippen LogP contribution is -2.35. The Kier molecular flexibility index (Phi) is 6.16. The van der Waals surface area contributed by atoms with Crippen LogP contribution in [0.15, 0.2) is 29.2 Å². The average Bonchev–Trinajstić information content (AvgIpc) is 2.29. The van der Waals surface area contributed by atoms with E-state index in [9.17, 15) is 13.2 Å². The molecule has 0 spiro atoms. The number of hydrogen-bond donors (Lipinski definition) is 1. The molecular formula is C13H19F3N2S. The van der Waals surface area contributed by atoms with E-state index in [2.05, 4.69) is 17.1 Å². The molecule has 1 rings (SSSR count). The summed E-state index contributed by atoms with van der Waals surface area (Å²) >= 11 is -0.0850. The van der Waals surface area contributed by atoms with Crippen LogP contribution in [0.4, 0.5) is 13.2 Å². The number of likely N-dealkylation sites (N-methyl/N-ethyl adjacent to an activating group) is 1. The summed E-state index contributed by atoms with van der Waals surface area (Å²) in [6.07, 6.45) is 0. The Balaban J connectivity index is 2.40. The SMILES string of the molecule is CC(CNCc1ccc(SC(F)(F)F)cc1)N(C)C. The molecule has 1 N–H and O–H groups in total. The van der Waals surface area contributed by atoms with Gasteiger partial charge in [-0.1, -0.05) is 12.1 Å². The maximum Gasteiger partial charge on any atom is 0.446 e. The molecule has 6 heteroatoms. The monoisotopic (exact) mass is 292 g/mol. The van der Waals surface area contributed by atoms with Crippen LogP contribution >= 0.6 is 11.8 Å². The lowest BCUT2D eigenvalue weighted by atomic mass is 10.2. The van der Waals surface area contributed by atoms with Crippen molar-refractivity contribution in [2.45, 2.75) is 29.9 Å². The third-order valence-electron chi connectivity index (χ3n) is 2.81. The minimum atomic E-state index is -4.22. The van der Waals surface area contributed by atoms with Crippen molar-refractivity contribution in [3.63, 3.8) is 0 Å². The van der Waals surface area contributed by atoms with Crippen molar-refractivity contribution in [1.82, 2.24) is 10.2 Å². The molecule has 108 valence electrons. The smallest absolute Gasteiger partial charge is 0.311 e. The first-order chi connectivity index (χ1) is 8.78. The molecule has 1 aromatic carbocycles. The Bertz CT molecular complexity index is 376. The van der Waals surface area contributed by atoms with Gasteiger partial charge in [0.05, 0.1) is 0 Å². The summed E-state index contributed by atoms with van der Waals surface area (Å²) in [4.78, 5) is 2.33. The van der Waals surface area contributed by atoms with Crippen LogP contribution in [0.25, 0.3) is 0 Å². The van der Waals surface area contributed by atoms with Gasteiger partial charge in [0, 0.05) is 24.0 Å². The van der Waals surface area contributed by atoms with E-state index in [1.807, 2.05) is 14.1 Å². The fourth-order valence-corrected chi connectivity index (χ4v) is 1.96. The molecule has 0 heterocycles. The average molecular weight is 292 g/mol. The van der Waals surface area contributed by atoms with E-state index in [-0.39, 0.29) is 16.7 Å². The molecule has 0 aliphatic rings. The van der Waals surface area contributed by atoms with Gasteiger partial charge in [-0.15, -0.1) is 0 Å². The normalized spacial score (nSPS) is 13.8. The highest BCUT2D eigenvalue weighted by Crippen LogP contribution is 2.36. The van der Waals surface area contributed by atoms with E-state index in [1.165, 1.54) is 12.1 Å². The molecule has 0 aromatic heterocycles. The zero-order chi connectivity index (χ0) is 14.5. The molecule has 0 amide bonds. The molecule has 1 aromatic rings. The predicted octanol–water partition coefficient (Wildman–Crippen LogP) is 3.34. The van der Waals surface area contributed by atoms with Gasteiger partial charge in [-0.3, -0.25) is 0 Å². The Morgan fingerprint density at radius 2 is 1.79 bits per heavy atom. The highest BCUT2D eigenvalue weighted by Gasteiger charge is 2.28. The highest BCUT2D eigenvalue weighted by molar-refractivity contribution is 8.00. The highest BCUT2D eigenvalue weighted by atomic mass is 32.2. The first kappa shape index (κ1) is 16.3. The molecule has 19 heavy (non-hydrogen) atoms. The summed E-state index contributed by atoms with van der Waals surface area (Å²) in [5.74, 6) is 0. The van der Waals surface area contributed by atoms with Gasteiger partial charge in [0.25, 0.3) is 0 Å². The third-order valence-corrected chi connectivity index (χ3v) is 3.55. The quantitative estimate of drug-likeness (QED) is 0.810. The molecule has 0 aliphatic heterocycles. The van der Waals surface area contributed by atoms with Crippen molar-refractivity contribution in [1.29, 1.82) is 0 Å². The van der Waals surface area contributed by atoms with Crippen LogP contribution in [0, 0.1) is 0 Å². The second kappa shape index (κ2) is 7.17. The topological polar surface area (TPSA) is 15.3 Å². The fraction of sp³-hybridized carbons (Fsp3) is 0.538. The number of alkyl halides is 3. The van der Waals surface area contributed by atoms with Crippen LogP contribution in [0.1, 0.15) is 12.5 Å². The molecule has 0 aliphatic carbocycles. The van der Waals surface area contributed by atoms with Crippen LogP contribution in [0.5, 0.6) is 0 Å². The van der Waals surface area contributed by atoms with Gasteiger partial charge in [-0.05, 0) is 50.5 Å². The fourth-order valence-electron chi connectivity index (χ4n) is 1.42. The number of halogens is 3. The molecule has 1 atom stereocenters. The standard InChI is InChI=1S/C13H19F3N2S/c1-10(18(2)3)8-17-9-11-4-6-12(7-5-11)19-13(14,15)16/h4-7,10,17H,8-9H2,1-3H3. The number of benzene rings is 1. The summed E-state index contributed by atoms with van der Waals surface area (Å²) < 4.78 is 36.5. The number of hydrogen-bond acceptors (Lipinski definition) is 3. The van der Waals surface area contributed by atoms with E-state index < -0.39 is 5.51 Å². The number of nitrogens with one attached hydrogen (secondary N) is 1. The number of thioether (sulfide) groups is 1. The Morgan fingerprint density at radius 1 is 1.21 bits per heavy atom. The summed E-state index contributed by atoms with van der Waals surface area (Å²) in [6.45, 7) is 3.61. The van der Waals surface area contributed by atoms with E-state index in [1.54, 1.807) is 12.1 Å². The predicted molar refractivity (Wildman–Crippen MR) is 73.2 cm³/mol. The second-order valence-corrected chi connectivity index (χ2v) is 5.77. The molecule has 0 saturated heterocycles. The molecule has 0 saturated carbocycles. The molecule has 0 fully saturated rings. The van der Waals surface area contributed by atoms with Gasteiger partial charge < -0.3 is 10.2 Å². The minimum Gasteiger partial charge on any atom is -0.311 e. The van der Waals surface area contributed by atoms with Crippen LogP contribution in [0.3, 0.4) is 0 Å². The maximum atomic E-state index is 12.2. The van der Waals surface area contributed by atoms with Crippen LogP contribution in [-0.2, 0) is 6.54 Å². The Hall–Kier alpha value is -0.720. The van der Waals surface area contributed by atoms with E-state index in [4.69, 9.17) is 0 Å². The largest absolute Gasteiger partial charge is 0.446 e. The van der Waals surface area contributed by atoms with Crippen molar-refractivity contribution < 1.29 is 13.2 Å². The lowest BCUT2D eigenvalue weighted by Gasteiger charge is -2.20. The van der Waals surface area contributed by atoms with E-state index >= 15 is 0 Å². The van der Waals surface area contributed by atoms with Crippen LogP contribution in [0.2, 0.25) is 0 Å². The van der Waals surface area contributed by atoms with Gasteiger partial charge in [-0.25, -0.2) is 0 Å². The first-order valence-electron chi connectivity index (χ1n) is 6.00. The van der Waals surface area contributed by atoms with Crippen LogP contribution in [-0.4, -0.2) is 37.1 Å². The van der Waals surface area contributed by atoms with E-state index in [0.717, 1.165) is 12.1 Å². The summed E-state index contributed by atoms with van der Waals surface area (Å²) in [6, 6.07) is 6.87. The zero-order valence-electron chi connectivity index (χ0n) is 11.3. The summed E-state index contributed by atoms with van der Waals surface area (Å²) in [7, 11) is 4.02. The first-order valence-corrected chi connectivity index (χ1v) is 6.81. The second-order valence-electron chi connectivity index (χ2n) is 4.64. The number of rotatable bonds is 6. The van der Waals surface area contributed by atoms with E-state index in [0.29, 0.717) is 12.6 Å². The van der Waals surface area contributed by atoms with Crippen molar-refractivity contribution >= 4 is 11.8 Å². The third kappa shape index (κ3) is 6.84. The summed E-state index contributed by atoms with van der Waals surface area (Å²) in [5, 5.41) is 3.28. The Morgan fingerprint density at radius 3 is 2.26 bits per heavy atom. The molecule has 0 radical (unpaired) electrons. The van der Waals surface area contributed by atoms with Gasteiger partial charge in [0.2, 0.25) is 0 Å². The van der Waals surface area contributed by atoms with Crippen molar-refractivity contribution in [2.75, 3.05) is 20.6 Å². The lowest BCUT2D eigenvalue weighted by molar-refractivity contribution is -0.0328. The van der Waals surface area contributed by atoms with Crippen molar-refractivity contribution in [2.24, 2.45) is 0 Å². The molecule has 1 unspecified atom stereocenters. The molecule has 0 bridgehead atoms. The van der Waals surface area contributed by atoms with Crippen LogP contribution < -0.4 is 5.32 Å².